The molecule has 0 radical (unpaired) electrons. The molecular weight excluding hydrogens is 856 g/mol. The highest BCUT2D eigenvalue weighted by Gasteiger charge is 2.27. The molecule has 0 spiro atoms. The van der Waals surface area contributed by atoms with Crippen molar-refractivity contribution in [3.8, 4) is 0 Å². The monoisotopic (exact) mass is 921 g/mol. The number of alkyl halides is 3. The van der Waals surface area contributed by atoms with Gasteiger partial charge >= 0.3 is 5.76 Å². The lowest BCUT2D eigenvalue weighted by Crippen LogP contribution is -2.22. The number of aromatic nitrogens is 4. The Labute approximate surface area is 354 Å². The standard InChI is InChI=1S/C9H10N2.C6H10N2O.C5H8N2S.C5H10O.C4H8F2O2S.C4H9FO2S.C4H11NO2S/c1-7(2)8-4-5-9(10-3)11-6-8;1-4(2)5-3-6(7)8-9-5;1-4(2)5-7-6-3-8-5;1-4(2)5(3)6;1-3(2)9(7,8)4(5)6;2*1-4(2)8(6,7)3-5/h4-7H,1-2H3;3-4H,1-2H3,(H2,7,8);3-4H,1-2H3;4H,1-3H3;3-4H,1-2H3;4H,3H2,1-2H3;4H,3,5H2,1-2H3. The number of ketones is 1. The number of hydrogen-bond donors (Lipinski definition) is 2. The van der Waals surface area contributed by atoms with Crippen molar-refractivity contribution in [2.75, 3.05) is 17.6 Å². The van der Waals surface area contributed by atoms with Gasteiger partial charge in [-0.05, 0) is 66.0 Å². The Hall–Kier alpha value is -3.52. The fraction of sp³-hybridized carbons (Fsp3) is 0.676. The molecule has 0 atom stereocenters. The predicted molar refractivity (Wildman–Crippen MR) is 232 cm³/mol. The van der Waals surface area contributed by atoms with Gasteiger partial charge in [-0.2, -0.15) is 8.78 Å². The average molecular weight is 922 g/mol. The first-order valence-corrected chi connectivity index (χ1v) is 24.2. The highest BCUT2D eigenvalue weighted by molar-refractivity contribution is 7.92. The summed E-state index contributed by atoms with van der Waals surface area (Å²) in [6.07, 6.45) is 1.76. The number of nitrogens with two attached hydrogens (primary N) is 2. The SMILES string of the molecule is CC(=O)C(C)C.CC(C)S(=O)(=O)C(F)F.CC(C)S(=O)(=O)CF.CC(C)S(=O)(=O)CN.CC(C)c1cc(N)no1.CC(C)c1nncs1.[C-]#[N+]c1ccc(C(C)C)cn1. The van der Waals surface area contributed by atoms with Gasteiger partial charge in [-0.3, -0.25) is 4.79 Å². The number of sulfone groups is 3. The molecule has 0 aliphatic carbocycles. The normalized spacial score (nSPS) is 11.2. The molecule has 3 heterocycles. The Bertz CT molecular complexity index is 1860. The molecule has 3 aromatic heterocycles. The molecule has 0 bridgehead atoms. The summed E-state index contributed by atoms with van der Waals surface area (Å²) in [5.74, 6) is 0.141. The van der Waals surface area contributed by atoms with E-state index in [2.05, 4.69) is 52.9 Å². The lowest BCUT2D eigenvalue weighted by molar-refractivity contribution is -0.119. The van der Waals surface area contributed by atoms with Gasteiger partial charge in [0.05, 0.1) is 21.6 Å². The molecule has 3 aromatic rings. The third-order valence-electron chi connectivity index (χ3n) is 7.08. The maximum atomic E-state index is 11.5. The maximum absolute atomic E-state index is 11.5. The Balaban J connectivity index is -0.000000301. The quantitative estimate of drug-likeness (QED) is 0.181. The number of nitrogen functional groups attached to an aromatic ring is 1. The molecule has 3 rings (SSSR count). The molecule has 59 heavy (non-hydrogen) atoms. The zero-order valence-electron chi connectivity index (χ0n) is 36.8. The lowest BCUT2D eigenvalue weighted by atomic mass is 10.1. The van der Waals surface area contributed by atoms with Gasteiger partial charge in [-0.25, -0.2) is 29.6 Å². The number of carbonyl (C=O) groups excluding carboxylic acids is 1. The number of hydrogen-bond acceptors (Lipinski definition) is 15. The van der Waals surface area contributed by atoms with Gasteiger partial charge in [0.25, 0.3) is 5.82 Å². The molecule has 0 aliphatic heterocycles. The Morgan fingerprint density at radius 1 is 0.831 bits per heavy atom. The van der Waals surface area contributed by atoms with Crippen molar-refractivity contribution in [3.05, 3.63) is 57.7 Å². The van der Waals surface area contributed by atoms with Crippen LogP contribution in [0.4, 0.5) is 24.8 Å². The van der Waals surface area contributed by atoms with E-state index in [1.54, 1.807) is 55.9 Å². The highest BCUT2D eigenvalue weighted by Crippen LogP contribution is 2.17. The third-order valence-corrected chi connectivity index (χ3v) is 13.5. The van der Waals surface area contributed by atoms with Crippen LogP contribution >= 0.6 is 11.3 Å². The first-order chi connectivity index (χ1) is 26.8. The van der Waals surface area contributed by atoms with Crippen LogP contribution < -0.4 is 11.5 Å². The summed E-state index contributed by atoms with van der Waals surface area (Å²) in [5, 5.41) is 10.3. The van der Waals surface area contributed by atoms with Crippen molar-refractivity contribution < 1.29 is 47.7 Å². The third kappa shape index (κ3) is 30.2. The van der Waals surface area contributed by atoms with E-state index in [4.69, 9.17) is 22.6 Å². The van der Waals surface area contributed by atoms with Crippen LogP contribution in [0.15, 0.2) is 34.4 Å². The number of carbonyl (C=O) groups is 1. The van der Waals surface area contributed by atoms with Gasteiger partial charge in [0.2, 0.25) is 9.84 Å². The van der Waals surface area contributed by atoms with Gasteiger partial charge in [0.15, 0.2) is 31.5 Å². The molecule has 0 aliphatic rings. The maximum Gasteiger partial charge on any atom is 0.336 e. The summed E-state index contributed by atoms with van der Waals surface area (Å²) in [7, 11) is -10.5. The molecule has 4 N–H and O–H groups in total. The summed E-state index contributed by atoms with van der Waals surface area (Å²) >= 11 is 1.61. The summed E-state index contributed by atoms with van der Waals surface area (Å²) in [4.78, 5) is 17.3. The van der Waals surface area contributed by atoms with E-state index >= 15 is 0 Å². The second-order valence-corrected chi connectivity index (χ2v) is 22.8. The number of anilines is 1. The van der Waals surface area contributed by atoms with E-state index in [0.717, 1.165) is 10.8 Å². The van der Waals surface area contributed by atoms with Gasteiger partial charge in [-0.15, -0.1) is 26.5 Å². The predicted octanol–water partition coefficient (Wildman–Crippen LogP) is 8.52. The molecular formula is C37H66F3N7O8S4. The molecule has 15 nitrogen and oxygen atoms in total. The Morgan fingerprint density at radius 2 is 1.32 bits per heavy atom. The first kappa shape index (κ1) is 62.1. The van der Waals surface area contributed by atoms with Crippen molar-refractivity contribution in [2.45, 2.75) is 143 Å². The zero-order valence-corrected chi connectivity index (χ0v) is 40.1. The fourth-order valence-corrected chi connectivity index (χ4v) is 3.96. The second kappa shape index (κ2) is 31.4. The summed E-state index contributed by atoms with van der Waals surface area (Å²) < 4.78 is 102. The molecule has 22 heteroatoms. The van der Waals surface area contributed by atoms with Crippen molar-refractivity contribution >= 4 is 58.3 Å². The highest BCUT2D eigenvalue weighted by atomic mass is 32.2. The average Bonchev–Trinajstić information content (AvgIpc) is 3.86. The minimum Gasteiger partial charge on any atom is -0.381 e. The second-order valence-electron chi connectivity index (χ2n) is 14.3. The number of halogens is 3. The van der Waals surface area contributed by atoms with Crippen LogP contribution in [0.3, 0.4) is 0 Å². The van der Waals surface area contributed by atoms with Crippen LogP contribution in [0.5, 0.6) is 0 Å². The summed E-state index contributed by atoms with van der Waals surface area (Å²) in [6, 6.07) is 4.20. The summed E-state index contributed by atoms with van der Waals surface area (Å²) in [6.45, 7) is 33.1. The minimum absolute atomic E-state index is 0.213. The number of nitrogens with zero attached hydrogens (tertiary/aromatic N) is 5. The fourth-order valence-electron chi connectivity index (χ4n) is 2.34. The van der Waals surface area contributed by atoms with E-state index in [-0.39, 0.29) is 22.8 Å². The number of rotatable bonds is 10. The van der Waals surface area contributed by atoms with Crippen LogP contribution in [0.1, 0.15) is 138 Å². The van der Waals surface area contributed by atoms with E-state index in [1.165, 1.54) is 33.3 Å². The van der Waals surface area contributed by atoms with Crippen LogP contribution in [-0.2, 0) is 34.3 Å². The van der Waals surface area contributed by atoms with Crippen molar-refractivity contribution in [2.24, 2.45) is 11.7 Å². The van der Waals surface area contributed by atoms with Crippen LogP contribution in [-0.4, -0.2) is 84.8 Å². The van der Waals surface area contributed by atoms with Crippen LogP contribution in [0, 0.1) is 12.5 Å². The van der Waals surface area contributed by atoms with Crippen LogP contribution in [0.2, 0.25) is 0 Å². The topological polar surface area (TPSA) is 241 Å². The van der Waals surface area contributed by atoms with Gasteiger partial charge in [-0.1, -0.05) is 73.2 Å². The van der Waals surface area contributed by atoms with Crippen molar-refractivity contribution in [1.82, 2.24) is 20.3 Å². The number of pyridine rings is 1. The molecule has 0 aromatic carbocycles. The van der Waals surface area contributed by atoms with E-state index in [0.29, 0.717) is 29.4 Å². The molecule has 0 fully saturated rings. The Morgan fingerprint density at radius 3 is 1.46 bits per heavy atom. The Kier molecular flexibility index (Phi) is 33.0. The molecule has 0 saturated carbocycles. The van der Waals surface area contributed by atoms with Crippen molar-refractivity contribution in [3.63, 3.8) is 0 Å². The zero-order chi connectivity index (χ0) is 47.5. The van der Waals surface area contributed by atoms with Gasteiger partial charge < -0.3 is 20.8 Å². The smallest absolute Gasteiger partial charge is 0.336 e. The summed E-state index contributed by atoms with van der Waals surface area (Å²) in [5.41, 5.74) is 13.2. The molecule has 0 amide bonds. The van der Waals surface area contributed by atoms with Crippen molar-refractivity contribution in [1.29, 1.82) is 0 Å². The van der Waals surface area contributed by atoms with E-state index < -0.39 is 51.8 Å². The van der Waals surface area contributed by atoms with E-state index in [1.807, 2.05) is 33.8 Å². The molecule has 0 unspecified atom stereocenters. The van der Waals surface area contributed by atoms with Crippen LogP contribution in [0.25, 0.3) is 4.85 Å². The molecule has 342 valence electrons. The van der Waals surface area contributed by atoms with E-state index in [9.17, 15) is 43.2 Å². The van der Waals surface area contributed by atoms with Gasteiger partial charge in [0.1, 0.15) is 28.3 Å². The number of Topliss-reactive ketones (excluding diaryl/α,β-unsaturated/α-hetero) is 1. The first-order valence-electron chi connectivity index (χ1n) is 18.3. The minimum atomic E-state index is -4.15. The molecule has 0 saturated heterocycles. The van der Waals surface area contributed by atoms with Gasteiger partial charge in [0, 0.05) is 23.8 Å². The largest absolute Gasteiger partial charge is 0.381 e. The lowest BCUT2D eigenvalue weighted by Gasteiger charge is -2.03.